The van der Waals surface area contributed by atoms with E-state index in [1.807, 2.05) is 38.1 Å². The monoisotopic (exact) mass is 406 g/mol. The Bertz CT molecular complexity index is 971. The third kappa shape index (κ3) is 5.41. The Morgan fingerprint density at radius 1 is 0.931 bits per heavy atom. The fraction of sp³-hybridized carbons (Fsp3) is 0.304. The SMILES string of the molecule is CCCNC(=O)[C@H](C)Sc1nnc(-c2ccc(C)cc2)c(-c2ccc(C)cc2)n1. The van der Waals surface area contributed by atoms with Crippen LogP contribution in [0, 0.1) is 13.8 Å². The van der Waals surface area contributed by atoms with Crippen molar-refractivity contribution in [3.63, 3.8) is 0 Å². The zero-order valence-electron chi connectivity index (χ0n) is 17.3. The molecule has 0 radical (unpaired) electrons. The standard InChI is InChI=1S/C23H26N4OS/c1-5-14-24-22(28)17(4)29-23-25-20(18-10-6-15(2)7-11-18)21(26-27-23)19-12-8-16(3)9-13-19/h6-13,17H,5,14H2,1-4H3,(H,24,28)/t17-/m0/s1. The first-order valence-electron chi connectivity index (χ1n) is 9.81. The number of thioether (sulfide) groups is 1. The number of aryl methyl sites for hydroxylation is 2. The van der Waals surface area contributed by atoms with Gasteiger partial charge in [0.15, 0.2) is 0 Å². The van der Waals surface area contributed by atoms with Crippen LogP contribution in [0.4, 0.5) is 0 Å². The van der Waals surface area contributed by atoms with Crippen molar-refractivity contribution in [2.45, 2.75) is 44.5 Å². The van der Waals surface area contributed by atoms with Crippen LogP contribution in [0.5, 0.6) is 0 Å². The second-order valence-corrected chi connectivity index (χ2v) is 8.38. The molecular formula is C23H26N4OS. The van der Waals surface area contributed by atoms with E-state index in [9.17, 15) is 4.79 Å². The lowest BCUT2D eigenvalue weighted by Gasteiger charge is -2.13. The van der Waals surface area contributed by atoms with Gasteiger partial charge in [0.25, 0.3) is 0 Å². The van der Waals surface area contributed by atoms with Gasteiger partial charge in [0, 0.05) is 17.7 Å². The molecule has 2 aromatic carbocycles. The fourth-order valence-corrected chi connectivity index (χ4v) is 3.52. The highest BCUT2D eigenvalue weighted by molar-refractivity contribution is 8.00. The number of hydrogen-bond donors (Lipinski definition) is 1. The van der Waals surface area contributed by atoms with E-state index in [2.05, 4.69) is 53.6 Å². The summed E-state index contributed by atoms with van der Waals surface area (Å²) in [5, 5.41) is 11.9. The third-order valence-electron chi connectivity index (χ3n) is 4.52. The van der Waals surface area contributed by atoms with E-state index in [0.29, 0.717) is 11.7 Å². The van der Waals surface area contributed by atoms with E-state index in [-0.39, 0.29) is 11.2 Å². The number of carbonyl (C=O) groups is 1. The van der Waals surface area contributed by atoms with Crippen LogP contribution in [0.15, 0.2) is 53.7 Å². The average molecular weight is 407 g/mol. The number of rotatable bonds is 7. The summed E-state index contributed by atoms with van der Waals surface area (Å²) >= 11 is 1.32. The van der Waals surface area contributed by atoms with Crippen LogP contribution >= 0.6 is 11.8 Å². The topological polar surface area (TPSA) is 67.8 Å². The zero-order valence-corrected chi connectivity index (χ0v) is 18.1. The van der Waals surface area contributed by atoms with Gasteiger partial charge in [-0.1, -0.05) is 78.3 Å². The van der Waals surface area contributed by atoms with Gasteiger partial charge >= 0.3 is 0 Å². The van der Waals surface area contributed by atoms with Gasteiger partial charge in [0.2, 0.25) is 11.1 Å². The van der Waals surface area contributed by atoms with Crippen LogP contribution < -0.4 is 5.32 Å². The van der Waals surface area contributed by atoms with Crippen LogP contribution in [-0.4, -0.2) is 32.9 Å². The van der Waals surface area contributed by atoms with Crippen LogP contribution in [0.1, 0.15) is 31.4 Å². The minimum Gasteiger partial charge on any atom is -0.355 e. The molecule has 0 aliphatic rings. The van der Waals surface area contributed by atoms with E-state index in [4.69, 9.17) is 4.98 Å². The number of aromatic nitrogens is 3. The lowest BCUT2D eigenvalue weighted by Crippen LogP contribution is -2.31. The summed E-state index contributed by atoms with van der Waals surface area (Å²) in [6.45, 7) is 8.67. The van der Waals surface area contributed by atoms with Gasteiger partial charge < -0.3 is 5.32 Å². The summed E-state index contributed by atoms with van der Waals surface area (Å²) in [6.07, 6.45) is 0.907. The maximum atomic E-state index is 12.2. The molecule has 0 bridgehead atoms. The highest BCUT2D eigenvalue weighted by Crippen LogP contribution is 2.31. The molecule has 0 saturated carbocycles. The van der Waals surface area contributed by atoms with Crippen molar-refractivity contribution in [1.29, 1.82) is 0 Å². The predicted molar refractivity (Wildman–Crippen MR) is 119 cm³/mol. The fourth-order valence-electron chi connectivity index (χ4n) is 2.78. The number of benzene rings is 2. The highest BCUT2D eigenvalue weighted by atomic mass is 32.2. The molecule has 3 aromatic rings. The maximum absolute atomic E-state index is 12.2. The predicted octanol–water partition coefficient (Wildman–Crippen LogP) is 4.83. The van der Waals surface area contributed by atoms with E-state index in [1.165, 1.54) is 22.9 Å². The van der Waals surface area contributed by atoms with Gasteiger partial charge in [0.1, 0.15) is 11.4 Å². The van der Waals surface area contributed by atoms with Crippen LogP contribution in [0.2, 0.25) is 0 Å². The number of amides is 1. The molecule has 0 aliphatic heterocycles. The molecule has 1 atom stereocenters. The Hall–Kier alpha value is -2.73. The van der Waals surface area contributed by atoms with Crippen molar-refractivity contribution < 1.29 is 4.79 Å². The van der Waals surface area contributed by atoms with E-state index >= 15 is 0 Å². The lowest BCUT2D eigenvalue weighted by atomic mass is 10.0. The molecule has 0 fully saturated rings. The van der Waals surface area contributed by atoms with Gasteiger partial charge in [-0.15, -0.1) is 10.2 Å². The van der Waals surface area contributed by atoms with Crippen molar-refractivity contribution in [2.24, 2.45) is 0 Å². The first-order valence-corrected chi connectivity index (χ1v) is 10.7. The Labute approximate surface area is 176 Å². The Balaban J connectivity index is 1.96. The van der Waals surface area contributed by atoms with Crippen molar-refractivity contribution in [1.82, 2.24) is 20.5 Å². The quantitative estimate of drug-likeness (QED) is 0.569. The Morgan fingerprint density at radius 2 is 1.48 bits per heavy atom. The van der Waals surface area contributed by atoms with Crippen molar-refractivity contribution >= 4 is 17.7 Å². The molecule has 1 N–H and O–H groups in total. The molecule has 1 aromatic heterocycles. The molecule has 0 saturated heterocycles. The van der Waals surface area contributed by atoms with Gasteiger partial charge in [-0.05, 0) is 27.2 Å². The number of carbonyl (C=O) groups excluding carboxylic acids is 1. The Kier molecular flexibility index (Phi) is 6.99. The Morgan fingerprint density at radius 3 is 2.03 bits per heavy atom. The average Bonchev–Trinajstić information content (AvgIpc) is 2.73. The van der Waals surface area contributed by atoms with E-state index in [0.717, 1.165) is 28.9 Å². The molecule has 0 aliphatic carbocycles. The highest BCUT2D eigenvalue weighted by Gasteiger charge is 2.19. The molecule has 6 heteroatoms. The maximum Gasteiger partial charge on any atom is 0.233 e. The first-order chi connectivity index (χ1) is 14.0. The van der Waals surface area contributed by atoms with Crippen molar-refractivity contribution in [3.05, 3.63) is 59.7 Å². The van der Waals surface area contributed by atoms with E-state index < -0.39 is 0 Å². The third-order valence-corrected chi connectivity index (χ3v) is 5.47. The van der Waals surface area contributed by atoms with Crippen LogP contribution in [0.3, 0.4) is 0 Å². The van der Waals surface area contributed by atoms with E-state index in [1.54, 1.807) is 0 Å². The molecule has 3 rings (SSSR count). The lowest BCUT2D eigenvalue weighted by molar-refractivity contribution is -0.120. The van der Waals surface area contributed by atoms with Gasteiger partial charge in [-0.3, -0.25) is 4.79 Å². The van der Waals surface area contributed by atoms with Crippen LogP contribution in [-0.2, 0) is 4.79 Å². The number of nitrogens with zero attached hydrogens (tertiary/aromatic N) is 3. The summed E-state index contributed by atoms with van der Waals surface area (Å²) in [6, 6.07) is 16.4. The minimum absolute atomic E-state index is 0.0139. The van der Waals surface area contributed by atoms with Gasteiger partial charge in [-0.2, -0.15) is 0 Å². The molecule has 150 valence electrons. The summed E-state index contributed by atoms with van der Waals surface area (Å²) in [7, 11) is 0. The zero-order chi connectivity index (χ0) is 20.8. The molecule has 0 unspecified atom stereocenters. The first kappa shape index (κ1) is 21.0. The second kappa shape index (κ2) is 9.65. The minimum atomic E-state index is -0.292. The summed E-state index contributed by atoms with van der Waals surface area (Å²) < 4.78 is 0. The smallest absolute Gasteiger partial charge is 0.233 e. The molecular weight excluding hydrogens is 380 g/mol. The summed E-state index contributed by atoms with van der Waals surface area (Å²) in [5.41, 5.74) is 5.82. The molecule has 5 nitrogen and oxygen atoms in total. The number of nitrogens with one attached hydrogen (secondary N) is 1. The number of hydrogen-bond acceptors (Lipinski definition) is 5. The molecule has 1 heterocycles. The summed E-state index contributed by atoms with van der Waals surface area (Å²) in [5.74, 6) is -0.0139. The van der Waals surface area contributed by atoms with Crippen molar-refractivity contribution in [2.75, 3.05) is 6.54 Å². The summed E-state index contributed by atoms with van der Waals surface area (Å²) in [4.78, 5) is 17.0. The second-order valence-electron chi connectivity index (χ2n) is 7.07. The molecule has 29 heavy (non-hydrogen) atoms. The van der Waals surface area contributed by atoms with Gasteiger partial charge in [0.05, 0.1) is 5.25 Å². The normalized spacial score (nSPS) is 11.9. The largest absolute Gasteiger partial charge is 0.355 e. The van der Waals surface area contributed by atoms with Gasteiger partial charge in [-0.25, -0.2) is 4.98 Å². The molecule has 0 spiro atoms. The van der Waals surface area contributed by atoms with Crippen LogP contribution in [0.25, 0.3) is 22.5 Å². The molecule has 1 amide bonds. The van der Waals surface area contributed by atoms with Crippen molar-refractivity contribution in [3.8, 4) is 22.5 Å².